The van der Waals surface area contributed by atoms with Gasteiger partial charge in [0.15, 0.2) is 0 Å². The molecule has 1 atom stereocenters. The van der Waals surface area contributed by atoms with Crippen LogP contribution in [0.1, 0.15) is 12.5 Å². The predicted molar refractivity (Wildman–Crippen MR) is 63.3 cm³/mol. The maximum Gasteiger partial charge on any atom is 0.237 e. The predicted octanol–water partition coefficient (Wildman–Crippen LogP) is 1.15. The zero-order valence-electron chi connectivity index (χ0n) is 8.82. The molecule has 1 heterocycles. The van der Waals surface area contributed by atoms with Gasteiger partial charge in [-0.15, -0.1) is 11.8 Å². The Labute approximate surface area is 97.6 Å². The van der Waals surface area contributed by atoms with Crippen molar-refractivity contribution in [2.75, 3.05) is 5.32 Å². The quantitative estimate of drug-likeness (QED) is 0.809. The summed E-state index contributed by atoms with van der Waals surface area (Å²) in [5, 5.41) is 2.74. The number of fused-ring (bicyclic) bond motifs is 1. The van der Waals surface area contributed by atoms with E-state index in [1.165, 1.54) is 11.8 Å². The van der Waals surface area contributed by atoms with Gasteiger partial charge in [0.1, 0.15) is 0 Å². The lowest BCUT2D eigenvalue weighted by Gasteiger charge is -2.21. The Hall–Kier alpha value is -1.49. The fraction of sp³-hybridized carbons (Fsp3) is 0.273. The number of rotatable bonds is 2. The lowest BCUT2D eigenvalue weighted by atomic mass is 10.1. The van der Waals surface area contributed by atoms with E-state index in [4.69, 9.17) is 5.73 Å². The maximum absolute atomic E-state index is 11.5. The van der Waals surface area contributed by atoms with Gasteiger partial charge in [-0.05, 0) is 24.6 Å². The van der Waals surface area contributed by atoms with Crippen LogP contribution in [0.15, 0.2) is 23.1 Å². The molecule has 0 aromatic heterocycles. The van der Waals surface area contributed by atoms with Gasteiger partial charge in [-0.2, -0.15) is 0 Å². The first-order chi connectivity index (χ1) is 7.56. The zero-order valence-corrected chi connectivity index (χ0v) is 9.64. The third-order valence-corrected chi connectivity index (χ3v) is 3.53. The molecule has 3 N–H and O–H groups in total. The number of benzene rings is 1. The Bertz CT molecular complexity index is 459. The average Bonchev–Trinajstić information content (AvgIpc) is 2.19. The second-order valence-corrected chi connectivity index (χ2v) is 5.11. The summed E-state index contributed by atoms with van der Waals surface area (Å²) in [6, 6.07) is 5.58. The largest absolute Gasteiger partial charge is 0.369 e. The van der Waals surface area contributed by atoms with E-state index in [1.54, 1.807) is 6.07 Å². The van der Waals surface area contributed by atoms with Crippen LogP contribution in [0.3, 0.4) is 0 Å². The first-order valence-corrected chi connectivity index (χ1v) is 5.83. The Morgan fingerprint density at radius 1 is 1.56 bits per heavy atom. The fourth-order valence-electron chi connectivity index (χ4n) is 1.57. The number of nitrogens with one attached hydrogen (secondary N) is 1. The van der Waals surface area contributed by atoms with Crippen molar-refractivity contribution in [1.82, 2.24) is 0 Å². The minimum atomic E-state index is -0.372. The summed E-state index contributed by atoms with van der Waals surface area (Å²) in [5.74, 6) is -0.378. The summed E-state index contributed by atoms with van der Waals surface area (Å²) in [7, 11) is 0. The first-order valence-electron chi connectivity index (χ1n) is 4.95. The van der Waals surface area contributed by atoms with E-state index < -0.39 is 0 Å². The number of thioether (sulfide) groups is 1. The van der Waals surface area contributed by atoms with E-state index >= 15 is 0 Å². The molecule has 1 aliphatic rings. The van der Waals surface area contributed by atoms with Gasteiger partial charge in [0.05, 0.1) is 17.4 Å². The van der Waals surface area contributed by atoms with Gasteiger partial charge in [0, 0.05) is 4.90 Å². The standard InChI is InChI=1S/C11H12N2O2S/c1-6-11(15)13-8-4-7(5-10(12)14)2-3-9(8)16-6/h2-4,6H,5H2,1H3,(H2,12,14)(H,13,15). The summed E-state index contributed by atoms with van der Waals surface area (Å²) in [6.07, 6.45) is 0.198. The molecule has 4 nitrogen and oxygen atoms in total. The maximum atomic E-state index is 11.5. The van der Waals surface area contributed by atoms with E-state index in [1.807, 2.05) is 19.1 Å². The highest BCUT2D eigenvalue weighted by molar-refractivity contribution is 8.00. The third-order valence-electron chi connectivity index (χ3n) is 2.35. The Balaban J connectivity index is 2.29. The number of primary amides is 1. The smallest absolute Gasteiger partial charge is 0.237 e. The molecule has 1 aromatic carbocycles. The van der Waals surface area contributed by atoms with Gasteiger partial charge < -0.3 is 11.1 Å². The molecule has 16 heavy (non-hydrogen) atoms. The van der Waals surface area contributed by atoms with Gasteiger partial charge in [0.25, 0.3) is 0 Å². The topological polar surface area (TPSA) is 72.2 Å². The molecule has 0 radical (unpaired) electrons. The molecule has 0 saturated carbocycles. The molecule has 0 aliphatic carbocycles. The molecular weight excluding hydrogens is 224 g/mol. The number of carbonyl (C=O) groups excluding carboxylic acids is 2. The third kappa shape index (κ3) is 2.19. The van der Waals surface area contributed by atoms with E-state index in [9.17, 15) is 9.59 Å². The molecule has 0 fully saturated rings. The average molecular weight is 236 g/mol. The second-order valence-electron chi connectivity index (χ2n) is 3.72. The lowest BCUT2D eigenvalue weighted by molar-refractivity contribution is -0.117. The van der Waals surface area contributed by atoms with Crippen LogP contribution in [0.5, 0.6) is 0 Å². The van der Waals surface area contributed by atoms with Crippen molar-refractivity contribution in [2.24, 2.45) is 5.73 Å². The normalized spacial score (nSPS) is 18.8. The molecule has 1 aliphatic heterocycles. The summed E-state index contributed by atoms with van der Waals surface area (Å²) < 4.78 is 0. The van der Waals surface area contributed by atoms with Gasteiger partial charge in [-0.3, -0.25) is 9.59 Å². The summed E-state index contributed by atoms with van der Waals surface area (Å²) in [5.41, 5.74) is 6.71. The Morgan fingerprint density at radius 2 is 2.31 bits per heavy atom. The number of amides is 2. The van der Waals surface area contributed by atoms with Crippen molar-refractivity contribution in [2.45, 2.75) is 23.5 Å². The minimum absolute atomic E-state index is 0.00581. The molecular formula is C11H12N2O2S. The molecule has 0 bridgehead atoms. The van der Waals surface area contributed by atoms with Crippen LogP contribution in [0.4, 0.5) is 5.69 Å². The summed E-state index contributed by atoms with van der Waals surface area (Å²) >= 11 is 1.52. The van der Waals surface area contributed by atoms with Crippen LogP contribution >= 0.6 is 11.8 Å². The van der Waals surface area contributed by atoms with E-state index in [0.29, 0.717) is 0 Å². The lowest BCUT2D eigenvalue weighted by Crippen LogP contribution is -2.26. The van der Waals surface area contributed by atoms with E-state index in [0.717, 1.165) is 16.1 Å². The molecule has 1 aromatic rings. The minimum Gasteiger partial charge on any atom is -0.369 e. The number of nitrogens with two attached hydrogens (primary N) is 1. The molecule has 1 unspecified atom stereocenters. The van der Waals surface area contributed by atoms with Crippen LogP contribution < -0.4 is 11.1 Å². The van der Waals surface area contributed by atoms with Crippen LogP contribution in [0.25, 0.3) is 0 Å². The molecule has 0 spiro atoms. The number of hydrogen-bond donors (Lipinski definition) is 2. The molecule has 0 saturated heterocycles. The SMILES string of the molecule is CC1Sc2ccc(CC(N)=O)cc2NC1=O. The molecule has 2 rings (SSSR count). The van der Waals surface area contributed by atoms with E-state index in [-0.39, 0.29) is 23.5 Å². The highest BCUT2D eigenvalue weighted by Gasteiger charge is 2.22. The van der Waals surface area contributed by atoms with Gasteiger partial charge in [-0.1, -0.05) is 6.07 Å². The van der Waals surface area contributed by atoms with Crippen LogP contribution in [0.2, 0.25) is 0 Å². The highest BCUT2D eigenvalue weighted by Crippen LogP contribution is 2.35. The van der Waals surface area contributed by atoms with Crippen LogP contribution in [-0.4, -0.2) is 17.1 Å². The van der Waals surface area contributed by atoms with Crippen molar-refractivity contribution < 1.29 is 9.59 Å². The Morgan fingerprint density at radius 3 is 3.00 bits per heavy atom. The van der Waals surface area contributed by atoms with E-state index in [2.05, 4.69) is 5.32 Å². The molecule has 5 heteroatoms. The monoisotopic (exact) mass is 236 g/mol. The number of anilines is 1. The number of carbonyl (C=O) groups is 2. The van der Waals surface area contributed by atoms with Crippen molar-refractivity contribution in [3.8, 4) is 0 Å². The van der Waals surface area contributed by atoms with Crippen molar-refractivity contribution >= 4 is 29.3 Å². The number of hydrogen-bond acceptors (Lipinski definition) is 3. The molecule has 2 amide bonds. The summed E-state index contributed by atoms with van der Waals surface area (Å²) in [4.78, 5) is 23.3. The van der Waals surface area contributed by atoms with Crippen molar-refractivity contribution in [3.05, 3.63) is 23.8 Å². The summed E-state index contributed by atoms with van der Waals surface area (Å²) in [6.45, 7) is 1.86. The first kappa shape index (κ1) is 11.0. The fourth-order valence-corrected chi connectivity index (χ4v) is 2.50. The second kappa shape index (κ2) is 4.17. The van der Waals surface area contributed by atoms with Crippen LogP contribution in [-0.2, 0) is 16.0 Å². The molecule has 84 valence electrons. The van der Waals surface area contributed by atoms with Gasteiger partial charge in [-0.25, -0.2) is 0 Å². The highest BCUT2D eigenvalue weighted by atomic mass is 32.2. The van der Waals surface area contributed by atoms with Crippen LogP contribution in [0, 0.1) is 0 Å². The van der Waals surface area contributed by atoms with Crippen molar-refractivity contribution in [3.63, 3.8) is 0 Å². The van der Waals surface area contributed by atoms with Crippen molar-refractivity contribution in [1.29, 1.82) is 0 Å². The Kier molecular flexibility index (Phi) is 2.87. The van der Waals surface area contributed by atoms with Gasteiger partial charge in [0.2, 0.25) is 11.8 Å². The van der Waals surface area contributed by atoms with Gasteiger partial charge >= 0.3 is 0 Å². The zero-order chi connectivity index (χ0) is 11.7.